The number of esters is 1. The van der Waals surface area contributed by atoms with Crippen molar-refractivity contribution in [2.75, 3.05) is 18.2 Å². The molecule has 0 saturated carbocycles. The number of methoxy groups -OCH3 is 1. The van der Waals surface area contributed by atoms with E-state index >= 15 is 0 Å². The molecule has 1 aromatic heterocycles. The van der Waals surface area contributed by atoms with Crippen LogP contribution in [0.4, 0.5) is 15.8 Å². The largest absolute Gasteiger partial charge is 0.465 e. The van der Waals surface area contributed by atoms with E-state index in [9.17, 15) is 9.18 Å². The summed E-state index contributed by atoms with van der Waals surface area (Å²) in [5.41, 5.74) is 5.93. The van der Waals surface area contributed by atoms with Gasteiger partial charge in [0.25, 0.3) is 0 Å². The summed E-state index contributed by atoms with van der Waals surface area (Å²) in [5, 5.41) is 2.95. The molecule has 0 radical (unpaired) electrons. The molecule has 0 spiro atoms. The zero-order valence-corrected chi connectivity index (χ0v) is 12.1. The number of halogens is 1. The quantitative estimate of drug-likeness (QED) is 0.668. The standard InChI is InChI=1S/C15H17FN2O3/c1-8-4-5-14(21-8)9(2)18-13-6-10(15(19)20-3)12(17)7-11(13)16/h4-7,9,18H,17H2,1-3H3. The number of anilines is 2. The summed E-state index contributed by atoms with van der Waals surface area (Å²) in [6.45, 7) is 3.65. The maximum absolute atomic E-state index is 14.0. The van der Waals surface area contributed by atoms with Gasteiger partial charge in [0.05, 0.1) is 24.4 Å². The summed E-state index contributed by atoms with van der Waals surface area (Å²) < 4.78 is 24.0. The lowest BCUT2D eigenvalue weighted by Crippen LogP contribution is -2.11. The maximum Gasteiger partial charge on any atom is 0.340 e. The molecule has 0 aliphatic rings. The smallest absolute Gasteiger partial charge is 0.340 e. The lowest BCUT2D eigenvalue weighted by molar-refractivity contribution is 0.0602. The van der Waals surface area contributed by atoms with Crippen molar-refractivity contribution in [3.8, 4) is 0 Å². The van der Waals surface area contributed by atoms with Gasteiger partial charge < -0.3 is 20.2 Å². The van der Waals surface area contributed by atoms with Crippen molar-refractivity contribution in [1.29, 1.82) is 0 Å². The fourth-order valence-corrected chi connectivity index (χ4v) is 1.98. The zero-order chi connectivity index (χ0) is 15.6. The minimum atomic E-state index is -0.614. The molecule has 5 nitrogen and oxygen atoms in total. The van der Waals surface area contributed by atoms with Crippen molar-refractivity contribution >= 4 is 17.3 Å². The predicted molar refractivity (Wildman–Crippen MR) is 77.6 cm³/mol. The molecule has 21 heavy (non-hydrogen) atoms. The Morgan fingerprint density at radius 1 is 1.43 bits per heavy atom. The van der Waals surface area contributed by atoms with Gasteiger partial charge in [-0.05, 0) is 38.1 Å². The number of hydrogen-bond acceptors (Lipinski definition) is 5. The number of nitrogens with two attached hydrogens (primary N) is 1. The summed E-state index contributed by atoms with van der Waals surface area (Å²) in [7, 11) is 1.24. The van der Waals surface area contributed by atoms with Crippen LogP contribution in [-0.4, -0.2) is 13.1 Å². The van der Waals surface area contributed by atoms with Crippen LogP contribution in [0.5, 0.6) is 0 Å². The molecular formula is C15H17FN2O3. The van der Waals surface area contributed by atoms with Crippen LogP contribution in [0.1, 0.15) is 34.8 Å². The molecular weight excluding hydrogens is 275 g/mol. The van der Waals surface area contributed by atoms with E-state index < -0.39 is 11.8 Å². The molecule has 0 aliphatic carbocycles. The second-order valence-corrected chi connectivity index (χ2v) is 4.73. The third-order valence-corrected chi connectivity index (χ3v) is 3.10. The van der Waals surface area contributed by atoms with E-state index in [2.05, 4.69) is 10.1 Å². The van der Waals surface area contributed by atoms with E-state index in [-0.39, 0.29) is 23.0 Å². The van der Waals surface area contributed by atoms with Gasteiger partial charge in [-0.1, -0.05) is 0 Å². The van der Waals surface area contributed by atoms with Crippen molar-refractivity contribution < 1.29 is 18.3 Å². The van der Waals surface area contributed by atoms with Gasteiger partial charge in [-0.2, -0.15) is 0 Å². The maximum atomic E-state index is 14.0. The summed E-state index contributed by atoms with van der Waals surface area (Å²) in [4.78, 5) is 11.6. The van der Waals surface area contributed by atoms with Crippen molar-refractivity contribution in [2.24, 2.45) is 0 Å². The summed E-state index contributed by atoms with van der Waals surface area (Å²) in [6, 6.07) is 5.80. The number of carbonyl (C=O) groups excluding carboxylic acids is 1. The number of nitrogens with one attached hydrogen (secondary N) is 1. The Morgan fingerprint density at radius 3 is 2.71 bits per heavy atom. The Morgan fingerprint density at radius 2 is 2.14 bits per heavy atom. The van der Waals surface area contributed by atoms with Gasteiger partial charge in [0, 0.05) is 5.69 Å². The Balaban J connectivity index is 2.29. The molecule has 112 valence electrons. The molecule has 0 fully saturated rings. The third-order valence-electron chi connectivity index (χ3n) is 3.10. The Bertz CT molecular complexity index is 667. The molecule has 1 unspecified atom stereocenters. The lowest BCUT2D eigenvalue weighted by Gasteiger charge is -2.15. The van der Waals surface area contributed by atoms with Crippen LogP contribution in [0, 0.1) is 12.7 Å². The number of furan rings is 1. The summed E-state index contributed by atoms with van der Waals surface area (Å²) in [5.74, 6) is 0.280. The molecule has 2 rings (SSSR count). The molecule has 0 amide bonds. The number of nitrogen functional groups attached to an aromatic ring is 1. The molecule has 1 heterocycles. The zero-order valence-electron chi connectivity index (χ0n) is 12.1. The highest BCUT2D eigenvalue weighted by Gasteiger charge is 2.17. The molecule has 2 aromatic rings. The highest BCUT2D eigenvalue weighted by Crippen LogP contribution is 2.27. The molecule has 0 bridgehead atoms. The van der Waals surface area contributed by atoms with Crippen LogP contribution in [-0.2, 0) is 4.74 Å². The molecule has 6 heteroatoms. The van der Waals surface area contributed by atoms with Gasteiger partial charge in [0.15, 0.2) is 0 Å². The van der Waals surface area contributed by atoms with E-state index in [0.29, 0.717) is 5.76 Å². The van der Waals surface area contributed by atoms with Gasteiger partial charge in [0.1, 0.15) is 17.3 Å². The number of hydrogen-bond donors (Lipinski definition) is 2. The van der Waals surface area contributed by atoms with Gasteiger partial charge in [0.2, 0.25) is 0 Å². The lowest BCUT2D eigenvalue weighted by atomic mass is 10.1. The van der Waals surface area contributed by atoms with Crippen LogP contribution in [0.3, 0.4) is 0 Å². The fourth-order valence-electron chi connectivity index (χ4n) is 1.98. The van der Waals surface area contributed by atoms with Crippen molar-refractivity contribution in [2.45, 2.75) is 19.9 Å². The van der Waals surface area contributed by atoms with E-state index in [1.54, 1.807) is 0 Å². The van der Waals surface area contributed by atoms with Gasteiger partial charge in [-0.25, -0.2) is 9.18 Å². The molecule has 1 atom stereocenters. The first kappa shape index (κ1) is 14.9. The second kappa shape index (κ2) is 5.87. The number of aryl methyl sites for hydroxylation is 1. The van der Waals surface area contributed by atoms with Gasteiger partial charge in [-0.3, -0.25) is 0 Å². The summed E-state index contributed by atoms with van der Waals surface area (Å²) in [6.07, 6.45) is 0. The van der Waals surface area contributed by atoms with Gasteiger partial charge >= 0.3 is 5.97 Å². The Kier molecular flexibility index (Phi) is 4.16. The number of rotatable bonds is 4. The first-order valence-electron chi connectivity index (χ1n) is 6.42. The van der Waals surface area contributed by atoms with E-state index in [0.717, 1.165) is 11.8 Å². The van der Waals surface area contributed by atoms with Crippen molar-refractivity contribution in [3.63, 3.8) is 0 Å². The minimum Gasteiger partial charge on any atom is -0.465 e. The first-order chi connectivity index (χ1) is 9.92. The average molecular weight is 292 g/mol. The van der Waals surface area contributed by atoms with Crippen LogP contribution in [0.15, 0.2) is 28.7 Å². The van der Waals surface area contributed by atoms with Crippen molar-refractivity contribution in [3.05, 3.63) is 47.2 Å². The third kappa shape index (κ3) is 3.16. The normalized spacial score (nSPS) is 12.0. The molecule has 0 aliphatic heterocycles. The van der Waals surface area contributed by atoms with E-state index in [1.165, 1.54) is 13.2 Å². The minimum absolute atomic E-state index is 0.0337. The Labute approximate surface area is 121 Å². The second-order valence-electron chi connectivity index (χ2n) is 4.73. The Hall–Kier alpha value is -2.50. The van der Waals surface area contributed by atoms with Gasteiger partial charge in [-0.15, -0.1) is 0 Å². The number of benzene rings is 1. The number of ether oxygens (including phenoxy) is 1. The molecule has 0 saturated heterocycles. The van der Waals surface area contributed by atoms with E-state index in [4.69, 9.17) is 10.2 Å². The topological polar surface area (TPSA) is 77.5 Å². The fraction of sp³-hybridized carbons (Fsp3) is 0.267. The molecule has 1 aromatic carbocycles. The summed E-state index contributed by atoms with van der Waals surface area (Å²) >= 11 is 0. The van der Waals surface area contributed by atoms with Crippen molar-refractivity contribution in [1.82, 2.24) is 0 Å². The highest BCUT2D eigenvalue weighted by molar-refractivity contribution is 5.96. The highest BCUT2D eigenvalue weighted by atomic mass is 19.1. The van der Waals surface area contributed by atoms with Crippen LogP contribution in [0.25, 0.3) is 0 Å². The average Bonchev–Trinajstić information content (AvgIpc) is 2.87. The monoisotopic (exact) mass is 292 g/mol. The molecule has 3 N–H and O–H groups in total. The SMILES string of the molecule is COC(=O)c1cc(NC(C)c2ccc(C)o2)c(F)cc1N. The number of carbonyl (C=O) groups is 1. The predicted octanol–water partition coefficient (Wildman–Crippen LogP) is 3.27. The first-order valence-corrected chi connectivity index (χ1v) is 6.42. The van der Waals surface area contributed by atoms with Crippen LogP contribution < -0.4 is 11.1 Å². The van der Waals surface area contributed by atoms with Crippen LogP contribution in [0.2, 0.25) is 0 Å². The van der Waals surface area contributed by atoms with E-state index in [1.807, 2.05) is 26.0 Å². The van der Waals surface area contributed by atoms with Crippen LogP contribution >= 0.6 is 0 Å².